The van der Waals surface area contributed by atoms with Crippen LogP contribution >= 0.6 is 22.9 Å². The van der Waals surface area contributed by atoms with Gasteiger partial charge in [-0.05, 0) is 43.4 Å². The highest BCUT2D eigenvalue weighted by Crippen LogP contribution is 2.36. The Labute approximate surface area is 183 Å². The molecule has 160 valence electrons. The molecule has 4 aromatic rings. The number of thiazole rings is 1. The summed E-state index contributed by atoms with van der Waals surface area (Å²) >= 11 is 6.98. The van der Waals surface area contributed by atoms with Crippen molar-refractivity contribution in [3.8, 4) is 0 Å². The van der Waals surface area contributed by atoms with Gasteiger partial charge in [0.25, 0.3) is 0 Å². The lowest BCUT2D eigenvalue weighted by Gasteiger charge is -2.28. The number of halogens is 3. The largest absolute Gasteiger partial charge is 0.382 e. The summed E-state index contributed by atoms with van der Waals surface area (Å²) in [4.78, 5) is 29.2. The predicted octanol–water partition coefficient (Wildman–Crippen LogP) is 4.32. The first-order valence-electron chi connectivity index (χ1n) is 9.61. The van der Waals surface area contributed by atoms with E-state index >= 15 is 0 Å². The van der Waals surface area contributed by atoms with E-state index in [0.717, 1.165) is 30.2 Å². The normalized spacial score (nSPS) is 19.2. The van der Waals surface area contributed by atoms with Gasteiger partial charge in [0, 0.05) is 18.0 Å². The number of rotatable bonds is 3. The Morgan fingerprint density at radius 1 is 1.16 bits per heavy atom. The minimum Gasteiger partial charge on any atom is -0.382 e. The summed E-state index contributed by atoms with van der Waals surface area (Å²) in [6, 6.07) is 2.09. The molecule has 1 amide bonds. The smallest absolute Gasteiger partial charge is 0.229 e. The molecule has 0 bridgehead atoms. The standard InChI is InChI=1S/C19H16ClF2N7OS/c20-18-26-15(23)14-16(27-18)29(7-24-14)10-3-1-8(2-4-10)17(30)28-19-25-13-11(22)5-9(21)6-12(13)31-19/h5-8,10H,1-4H2,(H2,23,26,27)(H,25,28,30)/t8-,10+. The van der Waals surface area contributed by atoms with Crippen molar-refractivity contribution in [1.82, 2.24) is 24.5 Å². The van der Waals surface area contributed by atoms with E-state index in [9.17, 15) is 13.6 Å². The molecule has 0 spiro atoms. The third kappa shape index (κ3) is 3.68. The number of nitrogens with one attached hydrogen (secondary N) is 1. The van der Waals surface area contributed by atoms with Crippen molar-refractivity contribution in [3.05, 3.63) is 35.4 Å². The molecule has 8 nitrogen and oxygen atoms in total. The molecule has 1 saturated carbocycles. The van der Waals surface area contributed by atoms with Gasteiger partial charge in [0.15, 0.2) is 22.4 Å². The van der Waals surface area contributed by atoms with Gasteiger partial charge in [-0.15, -0.1) is 0 Å². The number of carbonyl (C=O) groups is 1. The fourth-order valence-corrected chi connectivity index (χ4v) is 5.09. The molecular weight excluding hydrogens is 448 g/mol. The maximum Gasteiger partial charge on any atom is 0.229 e. The molecule has 1 aliphatic carbocycles. The van der Waals surface area contributed by atoms with E-state index in [4.69, 9.17) is 17.3 Å². The Kier molecular flexibility index (Phi) is 4.94. The molecule has 1 aliphatic rings. The zero-order valence-corrected chi connectivity index (χ0v) is 17.6. The Morgan fingerprint density at radius 3 is 2.71 bits per heavy atom. The van der Waals surface area contributed by atoms with E-state index in [1.54, 1.807) is 6.33 Å². The van der Waals surface area contributed by atoms with Crippen LogP contribution in [0.4, 0.5) is 19.7 Å². The van der Waals surface area contributed by atoms with Crippen molar-refractivity contribution in [2.24, 2.45) is 5.92 Å². The molecule has 0 aliphatic heterocycles. The molecule has 0 unspecified atom stereocenters. The highest BCUT2D eigenvalue weighted by molar-refractivity contribution is 7.22. The summed E-state index contributed by atoms with van der Waals surface area (Å²) in [6.45, 7) is 0. The van der Waals surface area contributed by atoms with Crippen LogP contribution in [0.2, 0.25) is 5.28 Å². The zero-order valence-electron chi connectivity index (χ0n) is 16.0. The molecule has 5 rings (SSSR count). The van der Waals surface area contributed by atoms with E-state index in [1.807, 2.05) is 4.57 Å². The molecule has 0 atom stereocenters. The number of fused-ring (bicyclic) bond motifs is 2. The molecule has 1 aromatic carbocycles. The minimum atomic E-state index is -0.746. The van der Waals surface area contributed by atoms with Crippen molar-refractivity contribution in [3.63, 3.8) is 0 Å². The summed E-state index contributed by atoms with van der Waals surface area (Å²) in [5.41, 5.74) is 7.00. The number of hydrogen-bond donors (Lipinski definition) is 2. The van der Waals surface area contributed by atoms with Crippen LogP contribution in [0, 0.1) is 17.6 Å². The topological polar surface area (TPSA) is 112 Å². The highest BCUT2D eigenvalue weighted by atomic mass is 35.5. The Bertz CT molecular complexity index is 1320. The number of benzene rings is 1. The molecular formula is C19H16ClF2N7OS. The number of anilines is 2. The molecule has 3 N–H and O–H groups in total. The zero-order chi connectivity index (χ0) is 21.7. The fourth-order valence-electron chi connectivity index (χ4n) is 4.01. The second-order valence-corrected chi connectivity index (χ2v) is 8.82. The van der Waals surface area contributed by atoms with Gasteiger partial charge in [0.2, 0.25) is 11.2 Å². The van der Waals surface area contributed by atoms with Crippen molar-refractivity contribution >= 4 is 61.2 Å². The lowest BCUT2D eigenvalue weighted by molar-refractivity contribution is -0.120. The first-order valence-corrected chi connectivity index (χ1v) is 10.8. The summed E-state index contributed by atoms with van der Waals surface area (Å²) in [5, 5.41) is 3.07. The van der Waals surface area contributed by atoms with Crippen LogP contribution in [-0.4, -0.2) is 30.4 Å². The molecule has 12 heteroatoms. The van der Waals surface area contributed by atoms with Gasteiger partial charge in [0.1, 0.15) is 16.9 Å². The molecule has 31 heavy (non-hydrogen) atoms. The second-order valence-electron chi connectivity index (χ2n) is 7.45. The van der Waals surface area contributed by atoms with Crippen LogP contribution in [0.25, 0.3) is 21.4 Å². The van der Waals surface area contributed by atoms with Gasteiger partial charge in [-0.1, -0.05) is 11.3 Å². The average Bonchev–Trinajstić information content (AvgIpc) is 3.32. The van der Waals surface area contributed by atoms with Crippen molar-refractivity contribution in [2.75, 3.05) is 11.1 Å². The van der Waals surface area contributed by atoms with Crippen molar-refractivity contribution in [1.29, 1.82) is 0 Å². The minimum absolute atomic E-state index is 0.0531. The molecule has 0 radical (unpaired) electrons. The van der Waals surface area contributed by atoms with E-state index in [1.165, 1.54) is 6.07 Å². The summed E-state index contributed by atoms with van der Waals surface area (Å²) < 4.78 is 29.5. The predicted molar refractivity (Wildman–Crippen MR) is 114 cm³/mol. The number of nitrogens with two attached hydrogens (primary N) is 1. The van der Waals surface area contributed by atoms with Gasteiger partial charge in [-0.25, -0.2) is 18.7 Å². The maximum absolute atomic E-state index is 13.8. The lowest BCUT2D eigenvalue weighted by atomic mass is 9.85. The molecule has 3 aromatic heterocycles. The third-order valence-electron chi connectivity index (χ3n) is 5.53. The number of aromatic nitrogens is 5. The highest BCUT2D eigenvalue weighted by Gasteiger charge is 2.29. The number of nitrogens with zero attached hydrogens (tertiary/aromatic N) is 5. The quantitative estimate of drug-likeness (QED) is 0.437. The molecule has 0 saturated heterocycles. The van der Waals surface area contributed by atoms with E-state index in [0.29, 0.717) is 28.7 Å². The molecule has 3 heterocycles. The van der Waals surface area contributed by atoms with E-state index < -0.39 is 11.6 Å². The van der Waals surface area contributed by atoms with Gasteiger partial charge in [0.05, 0.1) is 11.0 Å². The maximum atomic E-state index is 13.8. The van der Waals surface area contributed by atoms with Crippen LogP contribution < -0.4 is 11.1 Å². The van der Waals surface area contributed by atoms with Gasteiger partial charge >= 0.3 is 0 Å². The number of carbonyl (C=O) groups excluding carboxylic acids is 1. The van der Waals surface area contributed by atoms with Crippen LogP contribution in [0.1, 0.15) is 31.7 Å². The fraction of sp³-hybridized carbons (Fsp3) is 0.316. The van der Waals surface area contributed by atoms with Crippen LogP contribution in [0.5, 0.6) is 0 Å². The van der Waals surface area contributed by atoms with E-state index in [-0.39, 0.29) is 39.6 Å². The van der Waals surface area contributed by atoms with Crippen molar-refractivity contribution in [2.45, 2.75) is 31.7 Å². The monoisotopic (exact) mass is 463 g/mol. The Hall–Kier alpha value is -2.92. The summed E-state index contributed by atoms with van der Waals surface area (Å²) in [7, 11) is 0. The SMILES string of the molecule is Nc1nc(Cl)nc2c1ncn2[C@H]1CC[C@@H](C(=O)Nc2nc3c(F)cc(F)cc3s2)CC1. The second kappa shape index (κ2) is 7.65. The van der Waals surface area contributed by atoms with Gasteiger partial charge in [-0.3, -0.25) is 4.79 Å². The lowest BCUT2D eigenvalue weighted by Crippen LogP contribution is -2.28. The van der Waals surface area contributed by atoms with Gasteiger partial charge < -0.3 is 15.6 Å². The first-order chi connectivity index (χ1) is 14.9. The van der Waals surface area contributed by atoms with E-state index in [2.05, 4.69) is 25.3 Å². The van der Waals surface area contributed by atoms with Gasteiger partial charge in [-0.2, -0.15) is 9.97 Å². The number of nitrogen functional groups attached to an aromatic ring is 1. The Morgan fingerprint density at radius 2 is 1.94 bits per heavy atom. The number of hydrogen-bond acceptors (Lipinski definition) is 7. The van der Waals surface area contributed by atoms with Crippen LogP contribution in [-0.2, 0) is 4.79 Å². The number of imidazole rings is 1. The van der Waals surface area contributed by atoms with Crippen LogP contribution in [0.15, 0.2) is 18.5 Å². The average molecular weight is 464 g/mol. The van der Waals surface area contributed by atoms with Crippen molar-refractivity contribution < 1.29 is 13.6 Å². The summed E-state index contributed by atoms with van der Waals surface area (Å²) in [5.74, 6) is -1.57. The van der Waals surface area contributed by atoms with Crippen LogP contribution in [0.3, 0.4) is 0 Å². The first kappa shape index (κ1) is 20.0. The number of amides is 1. The third-order valence-corrected chi connectivity index (χ3v) is 6.61. The Balaban J connectivity index is 1.28. The molecule has 1 fully saturated rings. The summed E-state index contributed by atoms with van der Waals surface area (Å²) in [6.07, 6.45) is 4.46.